The Bertz CT molecular complexity index is 445. The molecule has 2 N–H and O–H groups in total. The highest BCUT2D eigenvalue weighted by Crippen LogP contribution is 2.32. The van der Waals surface area contributed by atoms with Gasteiger partial charge in [0.15, 0.2) is 0 Å². The third-order valence-corrected chi connectivity index (χ3v) is 5.85. The van der Waals surface area contributed by atoms with Gasteiger partial charge in [0.25, 0.3) is 0 Å². The van der Waals surface area contributed by atoms with E-state index in [0.29, 0.717) is 6.04 Å². The first-order chi connectivity index (χ1) is 9.74. The first-order valence-corrected chi connectivity index (χ1v) is 8.72. The molecule has 3 rings (SSSR count). The average Bonchev–Trinajstić information content (AvgIpc) is 3.01. The maximum atomic E-state index is 12.4. The van der Waals surface area contributed by atoms with Crippen molar-refractivity contribution in [3.8, 4) is 0 Å². The van der Waals surface area contributed by atoms with Crippen LogP contribution in [0.15, 0.2) is 17.5 Å². The topological polar surface area (TPSA) is 41.1 Å². The number of amides is 1. The number of hydrogen-bond donors (Lipinski definition) is 2. The molecular formula is C16H24N2OS. The smallest absolute Gasteiger partial charge is 0.237 e. The minimum atomic E-state index is 0.0109. The SMILES string of the molecule is C[C@@H](NC(=O)C1CCC2CCCCC2N1)c1cccs1. The molecule has 4 heteroatoms. The van der Waals surface area contributed by atoms with Crippen molar-refractivity contribution >= 4 is 17.2 Å². The van der Waals surface area contributed by atoms with Crippen LogP contribution < -0.4 is 10.6 Å². The van der Waals surface area contributed by atoms with Crippen LogP contribution in [0.2, 0.25) is 0 Å². The summed E-state index contributed by atoms with van der Waals surface area (Å²) in [6, 6.07) is 4.82. The molecule has 0 radical (unpaired) electrons. The van der Waals surface area contributed by atoms with E-state index in [2.05, 4.69) is 29.0 Å². The lowest BCUT2D eigenvalue weighted by Gasteiger charge is -2.40. The number of piperidine rings is 1. The number of hydrogen-bond acceptors (Lipinski definition) is 3. The lowest BCUT2D eigenvalue weighted by atomic mass is 9.77. The van der Waals surface area contributed by atoms with Gasteiger partial charge in [0.1, 0.15) is 0 Å². The van der Waals surface area contributed by atoms with Crippen LogP contribution in [0.4, 0.5) is 0 Å². The summed E-state index contributed by atoms with van der Waals surface area (Å²) in [5.74, 6) is 0.984. The Balaban J connectivity index is 1.55. The number of nitrogens with one attached hydrogen (secondary N) is 2. The van der Waals surface area contributed by atoms with Crippen molar-refractivity contribution in [2.45, 2.75) is 63.6 Å². The van der Waals surface area contributed by atoms with Gasteiger partial charge in [-0.25, -0.2) is 0 Å². The molecule has 2 fully saturated rings. The summed E-state index contributed by atoms with van der Waals surface area (Å²) in [5, 5.41) is 8.81. The van der Waals surface area contributed by atoms with Crippen molar-refractivity contribution in [1.29, 1.82) is 0 Å². The number of carbonyl (C=O) groups is 1. The van der Waals surface area contributed by atoms with Crippen LogP contribution in [0.3, 0.4) is 0 Å². The molecule has 1 aromatic heterocycles. The van der Waals surface area contributed by atoms with E-state index in [9.17, 15) is 4.79 Å². The van der Waals surface area contributed by atoms with Crippen molar-refractivity contribution in [3.05, 3.63) is 22.4 Å². The molecule has 1 saturated heterocycles. The molecule has 1 saturated carbocycles. The molecule has 1 amide bonds. The average molecular weight is 292 g/mol. The summed E-state index contributed by atoms with van der Waals surface area (Å²) in [7, 11) is 0. The zero-order valence-electron chi connectivity index (χ0n) is 12.1. The summed E-state index contributed by atoms with van der Waals surface area (Å²) >= 11 is 1.70. The predicted octanol–water partition coefficient (Wildman–Crippen LogP) is 3.24. The van der Waals surface area contributed by atoms with E-state index >= 15 is 0 Å². The fraction of sp³-hybridized carbons (Fsp3) is 0.688. The molecule has 3 nitrogen and oxygen atoms in total. The van der Waals surface area contributed by atoms with Gasteiger partial charge in [0.05, 0.1) is 12.1 Å². The standard InChI is InChI=1S/C16H24N2OS/c1-11(15-7-4-10-20-15)17-16(19)14-9-8-12-5-2-3-6-13(12)18-14/h4,7,10-14,18H,2-3,5-6,8-9H2,1H3,(H,17,19)/t11-,12?,13?,14?/m1/s1. The lowest BCUT2D eigenvalue weighted by molar-refractivity contribution is -0.125. The summed E-state index contributed by atoms with van der Waals surface area (Å²) < 4.78 is 0. The second-order valence-electron chi connectivity index (χ2n) is 6.19. The molecule has 4 atom stereocenters. The Morgan fingerprint density at radius 1 is 1.35 bits per heavy atom. The minimum Gasteiger partial charge on any atom is -0.347 e. The number of thiophene rings is 1. The van der Waals surface area contributed by atoms with E-state index in [0.717, 1.165) is 12.3 Å². The maximum Gasteiger partial charge on any atom is 0.237 e. The second-order valence-corrected chi connectivity index (χ2v) is 7.17. The van der Waals surface area contributed by atoms with Crippen LogP contribution in [0.1, 0.15) is 56.4 Å². The molecule has 0 bridgehead atoms. The highest BCUT2D eigenvalue weighted by Gasteiger charge is 2.34. The lowest BCUT2D eigenvalue weighted by Crippen LogP contribution is -2.55. The molecule has 0 aromatic carbocycles. The molecular weight excluding hydrogens is 268 g/mol. The quantitative estimate of drug-likeness (QED) is 0.898. The summed E-state index contributed by atoms with van der Waals surface area (Å²) in [6.07, 6.45) is 7.48. The highest BCUT2D eigenvalue weighted by molar-refractivity contribution is 7.10. The molecule has 3 unspecified atom stereocenters. The van der Waals surface area contributed by atoms with Crippen LogP contribution in [-0.2, 0) is 4.79 Å². The Morgan fingerprint density at radius 3 is 3.00 bits per heavy atom. The van der Waals surface area contributed by atoms with E-state index < -0.39 is 0 Å². The second kappa shape index (κ2) is 6.27. The van der Waals surface area contributed by atoms with Crippen LogP contribution in [-0.4, -0.2) is 18.0 Å². The van der Waals surface area contributed by atoms with E-state index in [1.54, 1.807) is 11.3 Å². The van der Waals surface area contributed by atoms with Crippen LogP contribution in [0, 0.1) is 5.92 Å². The van der Waals surface area contributed by atoms with E-state index in [1.165, 1.54) is 37.0 Å². The van der Waals surface area contributed by atoms with Crippen molar-refractivity contribution in [3.63, 3.8) is 0 Å². The Labute approximate surface area is 125 Å². The van der Waals surface area contributed by atoms with E-state index in [4.69, 9.17) is 0 Å². The maximum absolute atomic E-state index is 12.4. The highest BCUT2D eigenvalue weighted by atomic mass is 32.1. The normalized spacial score (nSPS) is 31.4. The van der Waals surface area contributed by atoms with Gasteiger partial charge in [-0.3, -0.25) is 4.79 Å². The van der Waals surface area contributed by atoms with E-state index in [-0.39, 0.29) is 18.0 Å². The monoisotopic (exact) mass is 292 g/mol. The van der Waals surface area contributed by atoms with Gasteiger partial charge in [0, 0.05) is 10.9 Å². The molecule has 1 aromatic rings. The molecule has 20 heavy (non-hydrogen) atoms. The molecule has 110 valence electrons. The minimum absolute atomic E-state index is 0.0109. The Kier molecular flexibility index (Phi) is 4.41. The van der Waals surface area contributed by atoms with Gasteiger partial charge in [-0.2, -0.15) is 0 Å². The van der Waals surface area contributed by atoms with Crippen LogP contribution >= 0.6 is 11.3 Å². The van der Waals surface area contributed by atoms with Gasteiger partial charge in [0.2, 0.25) is 5.91 Å². The Hall–Kier alpha value is -0.870. The van der Waals surface area contributed by atoms with Crippen molar-refractivity contribution < 1.29 is 4.79 Å². The van der Waals surface area contributed by atoms with E-state index in [1.807, 2.05) is 6.07 Å². The van der Waals surface area contributed by atoms with Gasteiger partial charge in [-0.15, -0.1) is 11.3 Å². The fourth-order valence-electron chi connectivity index (χ4n) is 3.62. The zero-order valence-corrected chi connectivity index (χ0v) is 12.9. The summed E-state index contributed by atoms with van der Waals surface area (Å²) in [5.41, 5.74) is 0. The fourth-order valence-corrected chi connectivity index (χ4v) is 4.36. The molecule has 1 aliphatic heterocycles. The molecule has 1 aliphatic carbocycles. The number of rotatable bonds is 3. The summed E-state index contributed by atoms with van der Waals surface area (Å²) in [4.78, 5) is 13.6. The third kappa shape index (κ3) is 3.07. The first kappa shape index (κ1) is 14.1. The Morgan fingerprint density at radius 2 is 2.20 bits per heavy atom. The molecule has 2 aliphatic rings. The van der Waals surface area contributed by atoms with Crippen LogP contribution in [0.25, 0.3) is 0 Å². The summed E-state index contributed by atoms with van der Waals surface area (Å²) in [6.45, 7) is 2.07. The third-order valence-electron chi connectivity index (χ3n) is 4.80. The van der Waals surface area contributed by atoms with Crippen molar-refractivity contribution in [1.82, 2.24) is 10.6 Å². The van der Waals surface area contributed by atoms with Crippen molar-refractivity contribution in [2.24, 2.45) is 5.92 Å². The first-order valence-electron chi connectivity index (χ1n) is 7.84. The van der Waals surface area contributed by atoms with Crippen molar-refractivity contribution in [2.75, 3.05) is 0 Å². The van der Waals surface area contributed by atoms with Crippen LogP contribution in [0.5, 0.6) is 0 Å². The largest absolute Gasteiger partial charge is 0.347 e. The van der Waals surface area contributed by atoms with Gasteiger partial charge >= 0.3 is 0 Å². The van der Waals surface area contributed by atoms with Gasteiger partial charge in [-0.1, -0.05) is 18.9 Å². The molecule has 2 heterocycles. The number of carbonyl (C=O) groups excluding carboxylic acids is 1. The van der Waals surface area contributed by atoms with Gasteiger partial charge < -0.3 is 10.6 Å². The number of fused-ring (bicyclic) bond motifs is 1. The zero-order chi connectivity index (χ0) is 13.9. The van der Waals surface area contributed by atoms with Gasteiger partial charge in [-0.05, 0) is 50.0 Å². The predicted molar refractivity (Wildman–Crippen MR) is 82.8 cm³/mol. The molecule has 0 spiro atoms.